The molecule has 1 rings (SSSR count). The average molecular weight is 153 g/mol. The Balaban J connectivity index is 2.69. The molecule has 0 saturated carbocycles. The van der Waals surface area contributed by atoms with Crippen LogP contribution in [0.2, 0.25) is 0 Å². The number of nitrogens with two attached hydrogens (primary N) is 1. The molecule has 0 saturated heterocycles. The van der Waals surface area contributed by atoms with Gasteiger partial charge < -0.3 is 15.5 Å². The van der Waals surface area contributed by atoms with Crippen LogP contribution in [-0.4, -0.2) is 22.3 Å². The lowest BCUT2D eigenvalue weighted by Crippen LogP contribution is -2.28. The molecular formula is C7H11N3O. The summed E-state index contributed by atoms with van der Waals surface area (Å²) in [6, 6.07) is -0.460. The quantitative estimate of drug-likeness (QED) is 0.602. The molecule has 0 bridgehead atoms. The fraction of sp³-hybridized carbons (Fsp3) is 0.429. The summed E-state index contributed by atoms with van der Waals surface area (Å²) >= 11 is 0. The molecule has 4 heteroatoms. The highest BCUT2D eigenvalue weighted by Crippen LogP contribution is 2.12. The standard InChI is InChI=1S/C7H11N3O/c1-5(6(8)3-11)7-2-9-4-10-7/h2-6H,8H2,1H3,(H,9,10). The molecule has 60 valence electrons. The second-order valence-electron chi connectivity index (χ2n) is 2.50. The topological polar surface area (TPSA) is 71.8 Å². The van der Waals surface area contributed by atoms with Crippen LogP contribution in [0.4, 0.5) is 0 Å². The number of rotatable bonds is 3. The van der Waals surface area contributed by atoms with Crippen LogP contribution in [-0.2, 0) is 4.79 Å². The van der Waals surface area contributed by atoms with Crippen LogP contribution in [0.5, 0.6) is 0 Å². The molecule has 4 nitrogen and oxygen atoms in total. The zero-order valence-corrected chi connectivity index (χ0v) is 6.32. The van der Waals surface area contributed by atoms with Gasteiger partial charge in [-0.25, -0.2) is 4.98 Å². The lowest BCUT2D eigenvalue weighted by atomic mass is 10.0. The number of nitrogens with zero attached hydrogens (tertiary/aromatic N) is 1. The molecule has 1 aromatic rings. The van der Waals surface area contributed by atoms with Crippen LogP contribution in [0.1, 0.15) is 18.5 Å². The molecule has 3 N–H and O–H groups in total. The molecule has 0 amide bonds. The number of hydrogen-bond donors (Lipinski definition) is 2. The largest absolute Gasteiger partial charge is 0.351 e. The van der Waals surface area contributed by atoms with Gasteiger partial charge in [0.1, 0.15) is 6.29 Å². The van der Waals surface area contributed by atoms with E-state index in [0.717, 1.165) is 12.0 Å². The summed E-state index contributed by atoms with van der Waals surface area (Å²) in [4.78, 5) is 17.1. The molecule has 0 aliphatic rings. The van der Waals surface area contributed by atoms with E-state index in [0.29, 0.717) is 0 Å². The number of carbonyl (C=O) groups excluding carboxylic acids is 1. The summed E-state index contributed by atoms with van der Waals surface area (Å²) in [5.41, 5.74) is 6.31. The van der Waals surface area contributed by atoms with Crippen molar-refractivity contribution in [1.29, 1.82) is 0 Å². The maximum Gasteiger partial charge on any atom is 0.137 e. The maximum atomic E-state index is 10.3. The van der Waals surface area contributed by atoms with Crippen molar-refractivity contribution in [2.75, 3.05) is 0 Å². The smallest absolute Gasteiger partial charge is 0.137 e. The fourth-order valence-corrected chi connectivity index (χ4v) is 0.836. The molecule has 0 aliphatic carbocycles. The Hall–Kier alpha value is -1.16. The number of aldehydes is 1. The van der Waals surface area contributed by atoms with Crippen molar-refractivity contribution in [2.24, 2.45) is 5.73 Å². The Morgan fingerprint density at radius 3 is 3.00 bits per heavy atom. The highest BCUT2D eigenvalue weighted by Gasteiger charge is 2.14. The second-order valence-corrected chi connectivity index (χ2v) is 2.50. The summed E-state index contributed by atoms with van der Waals surface area (Å²) in [5.74, 6) is -0.0150. The molecule has 0 radical (unpaired) electrons. The minimum atomic E-state index is -0.460. The van der Waals surface area contributed by atoms with Crippen molar-refractivity contribution < 1.29 is 4.79 Å². The second kappa shape index (κ2) is 3.30. The number of carbonyl (C=O) groups is 1. The Morgan fingerprint density at radius 2 is 2.55 bits per heavy atom. The number of imidazole rings is 1. The Labute approximate surface area is 64.8 Å². The number of aromatic nitrogens is 2. The van der Waals surface area contributed by atoms with Crippen LogP contribution < -0.4 is 5.73 Å². The number of H-pyrrole nitrogens is 1. The van der Waals surface area contributed by atoms with Crippen LogP contribution >= 0.6 is 0 Å². The fourth-order valence-electron chi connectivity index (χ4n) is 0.836. The number of aromatic amines is 1. The summed E-state index contributed by atoms with van der Waals surface area (Å²) in [6.07, 6.45) is 4.05. The number of nitrogens with one attached hydrogen (secondary N) is 1. The third-order valence-electron chi connectivity index (χ3n) is 1.72. The Kier molecular flexibility index (Phi) is 2.38. The van der Waals surface area contributed by atoms with Gasteiger partial charge in [-0.05, 0) is 0 Å². The van der Waals surface area contributed by atoms with E-state index in [1.54, 1.807) is 12.5 Å². The SMILES string of the molecule is CC(c1c[nH]cn1)C(N)C=O. The predicted octanol–water partition coefficient (Wildman–Crippen LogP) is 0.0394. The van der Waals surface area contributed by atoms with E-state index in [9.17, 15) is 4.79 Å². The van der Waals surface area contributed by atoms with Gasteiger partial charge >= 0.3 is 0 Å². The van der Waals surface area contributed by atoms with Crippen molar-refractivity contribution in [2.45, 2.75) is 18.9 Å². The first-order valence-corrected chi connectivity index (χ1v) is 3.45. The third-order valence-corrected chi connectivity index (χ3v) is 1.72. The van der Waals surface area contributed by atoms with Gasteiger partial charge in [-0.2, -0.15) is 0 Å². The first kappa shape index (κ1) is 7.94. The first-order valence-electron chi connectivity index (χ1n) is 3.45. The van der Waals surface area contributed by atoms with E-state index in [4.69, 9.17) is 5.73 Å². The number of hydrogen-bond acceptors (Lipinski definition) is 3. The molecule has 1 aromatic heterocycles. The normalized spacial score (nSPS) is 15.8. The predicted molar refractivity (Wildman–Crippen MR) is 41.0 cm³/mol. The van der Waals surface area contributed by atoms with Gasteiger partial charge in [-0.3, -0.25) is 0 Å². The summed E-state index contributed by atoms with van der Waals surface area (Å²) in [7, 11) is 0. The third kappa shape index (κ3) is 1.65. The van der Waals surface area contributed by atoms with Gasteiger partial charge in [-0.1, -0.05) is 6.92 Å². The molecule has 0 aromatic carbocycles. The van der Waals surface area contributed by atoms with E-state index < -0.39 is 6.04 Å². The van der Waals surface area contributed by atoms with E-state index in [-0.39, 0.29) is 5.92 Å². The summed E-state index contributed by atoms with van der Waals surface area (Å²) < 4.78 is 0. The van der Waals surface area contributed by atoms with Crippen LogP contribution in [0.15, 0.2) is 12.5 Å². The van der Waals surface area contributed by atoms with Crippen molar-refractivity contribution in [3.8, 4) is 0 Å². The highest BCUT2D eigenvalue weighted by atomic mass is 16.1. The van der Waals surface area contributed by atoms with Crippen molar-refractivity contribution in [3.63, 3.8) is 0 Å². The Bertz CT molecular complexity index is 220. The summed E-state index contributed by atoms with van der Waals surface area (Å²) in [5, 5.41) is 0. The molecule has 1 heterocycles. The molecule has 0 fully saturated rings. The average Bonchev–Trinajstić information content (AvgIpc) is 2.53. The molecule has 0 spiro atoms. The minimum absolute atomic E-state index is 0.0150. The molecule has 0 aliphatic heterocycles. The Morgan fingerprint density at radius 1 is 1.82 bits per heavy atom. The van der Waals surface area contributed by atoms with Crippen LogP contribution in [0.3, 0.4) is 0 Å². The van der Waals surface area contributed by atoms with Crippen molar-refractivity contribution in [1.82, 2.24) is 9.97 Å². The highest BCUT2D eigenvalue weighted by molar-refractivity contribution is 5.59. The van der Waals surface area contributed by atoms with Crippen LogP contribution in [0.25, 0.3) is 0 Å². The molecule has 2 unspecified atom stereocenters. The van der Waals surface area contributed by atoms with E-state index in [2.05, 4.69) is 9.97 Å². The van der Waals surface area contributed by atoms with Gasteiger partial charge in [0.2, 0.25) is 0 Å². The zero-order chi connectivity index (χ0) is 8.27. The van der Waals surface area contributed by atoms with Gasteiger partial charge in [0.15, 0.2) is 0 Å². The summed E-state index contributed by atoms with van der Waals surface area (Å²) in [6.45, 7) is 1.87. The lowest BCUT2D eigenvalue weighted by Gasteiger charge is -2.10. The monoisotopic (exact) mass is 153 g/mol. The molecule has 2 atom stereocenters. The maximum absolute atomic E-state index is 10.3. The van der Waals surface area contributed by atoms with Gasteiger partial charge in [-0.15, -0.1) is 0 Å². The molecular weight excluding hydrogens is 142 g/mol. The minimum Gasteiger partial charge on any atom is -0.351 e. The first-order chi connectivity index (χ1) is 5.25. The van der Waals surface area contributed by atoms with Gasteiger partial charge in [0.05, 0.1) is 18.1 Å². The van der Waals surface area contributed by atoms with E-state index in [1.165, 1.54) is 0 Å². The van der Waals surface area contributed by atoms with E-state index in [1.807, 2.05) is 6.92 Å². The zero-order valence-electron chi connectivity index (χ0n) is 6.32. The lowest BCUT2D eigenvalue weighted by molar-refractivity contribution is -0.109. The van der Waals surface area contributed by atoms with Crippen molar-refractivity contribution >= 4 is 6.29 Å². The molecule has 11 heavy (non-hydrogen) atoms. The van der Waals surface area contributed by atoms with Crippen LogP contribution in [0, 0.1) is 0 Å². The van der Waals surface area contributed by atoms with Gasteiger partial charge in [0, 0.05) is 12.1 Å². The van der Waals surface area contributed by atoms with E-state index >= 15 is 0 Å². The van der Waals surface area contributed by atoms with Gasteiger partial charge in [0.25, 0.3) is 0 Å². The van der Waals surface area contributed by atoms with Crippen molar-refractivity contribution in [3.05, 3.63) is 18.2 Å².